The van der Waals surface area contributed by atoms with E-state index in [4.69, 9.17) is 4.52 Å². The number of fused-ring (bicyclic) bond motifs is 1. The van der Waals surface area contributed by atoms with Gasteiger partial charge in [-0.3, -0.25) is 0 Å². The van der Waals surface area contributed by atoms with E-state index in [-0.39, 0.29) is 18.5 Å². The van der Waals surface area contributed by atoms with Gasteiger partial charge in [0.15, 0.2) is 5.82 Å². The highest BCUT2D eigenvalue weighted by Gasteiger charge is 2.21. The summed E-state index contributed by atoms with van der Waals surface area (Å²) in [4.78, 5) is 14.7. The summed E-state index contributed by atoms with van der Waals surface area (Å²) >= 11 is 0. The molecule has 0 radical (unpaired) electrons. The highest BCUT2D eigenvalue weighted by Crippen LogP contribution is 2.34. The number of carbonyl (C=O) groups is 1. The van der Waals surface area contributed by atoms with Crippen LogP contribution in [0.5, 0.6) is 0 Å². The van der Waals surface area contributed by atoms with Crippen molar-refractivity contribution in [3.63, 3.8) is 0 Å². The van der Waals surface area contributed by atoms with E-state index in [1.807, 2.05) is 0 Å². The minimum Gasteiger partial charge on any atom is -0.367 e. The lowest BCUT2D eigenvalue weighted by molar-refractivity contribution is -0.110. The number of aryl methyl sites for hydroxylation is 1. The van der Waals surface area contributed by atoms with Crippen LogP contribution in [0.15, 0.2) is 47.0 Å². The molecule has 0 aliphatic heterocycles. The van der Waals surface area contributed by atoms with Crippen LogP contribution in [0.4, 0.5) is 19.0 Å². The van der Waals surface area contributed by atoms with Crippen LogP contribution in [-0.2, 0) is 11.2 Å². The van der Waals surface area contributed by atoms with E-state index in [0.717, 1.165) is 12.4 Å². The van der Waals surface area contributed by atoms with Gasteiger partial charge in [-0.1, -0.05) is 5.16 Å². The van der Waals surface area contributed by atoms with Crippen molar-refractivity contribution in [1.29, 1.82) is 0 Å². The van der Waals surface area contributed by atoms with Crippen molar-refractivity contribution < 1.29 is 22.5 Å². The van der Waals surface area contributed by atoms with Gasteiger partial charge in [-0.2, -0.15) is 0 Å². The largest absolute Gasteiger partial charge is 0.367 e. The van der Waals surface area contributed by atoms with Crippen molar-refractivity contribution in [1.82, 2.24) is 10.1 Å². The van der Waals surface area contributed by atoms with E-state index in [2.05, 4.69) is 15.5 Å². The van der Waals surface area contributed by atoms with Crippen molar-refractivity contribution in [2.24, 2.45) is 5.92 Å². The van der Waals surface area contributed by atoms with Crippen LogP contribution < -0.4 is 5.32 Å². The van der Waals surface area contributed by atoms with Crippen molar-refractivity contribution in [2.75, 3.05) is 11.9 Å². The third-order valence-electron chi connectivity index (χ3n) is 4.90. The van der Waals surface area contributed by atoms with Crippen LogP contribution in [0.2, 0.25) is 0 Å². The van der Waals surface area contributed by atoms with Crippen LogP contribution in [0.3, 0.4) is 0 Å². The summed E-state index contributed by atoms with van der Waals surface area (Å²) in [5.41, 5.74) is 1.83. The molecule has 8 heteroatoms. The summed E-state index contributed by atoms with van der Waals surface area (Å²) in [6, 6.07) is 9.38. The molecule has 2 N–H and O–H groups in total. The van der Waals surface area contributed by atoms with Crippen molar-refractivity contribution >= 4 is 23.0 Å². The van der Waals surface area contributed by atoms with E-state index in [9.17, 15) is 18.0 Å². The molecule has 154 valence electrons. The van der Waals surface area contributed by atoms with Crippen LogP contribution in [0.25, 0.3) is 22.2 Å². The van der Waals surface area contributed by atoms with Gasteiger partial charge in [0.1, 0.15) is 29.5 Å². The highest BCUT2D eigenvalue weighted by molar-refractivity contribution is 5.91. The molecule has 30 heavy (non-hydrogen) atoms. The van der Waals surface area contributed by atoms with E-state index < -0.39 is 23.4 Å². The lowest BCUT2D eigenvalue weighted by Gasteiger charge is -2.12. The number of carbonyl (C=O) groups excluding carboxylic acids is 1. The van der Waals surface area contributed by atoms with Crippen LogP contribution >= 0.6 is 0 Å². The number of rotatable bonds is 7. The van der Waals surface area contributed by atoms with Gasteiger partial charge in [-0.25, -0.2) is 13.2 Å². The molecule has 0 saturated carbocycles. The Labute approximate surface area is 169 Å². The molecule has 0 saturated heterocycles. The second-order valence-electron chi connectivity index (χ2n) is 7.10. The molecule has 4 rings (SSSR count). The summed E-state index contributed by atoms with van der Waals surface area (Å²) in [5, 5.41) is 7.19. The Kier molecular flexibility index (Phi) is 5.31. The molecule has 0 bridgehead atoms. The van der Waals surface area contributed by atoms with E-state index in [1.165, 1.54) is 18.2 Å². The first-order chi connectivity index (χ1) is 14.4. The van der Waals surface area contributed by atoms with E-state index >= 15 is 0 Å². The number of anilines is 1. The second-order valence-corrected chi connectivity index (χ2v) is 7.10. The molecule has 2 aromatic carbocycles. The molecular formula is C22H18F3N3O2. The van der Waals surface area contributed by atoms with Gasteiger partial charge in [0.2, 0.25) is 0 Å². The smallest absolute Gasteiger partial charge is 0.169 e. The summed E-state index contributed by atoms with van der Waals surface area (Å²) in [6.07, 6.45) is 0.992. The second kappa shape index (κ2) is 8.06. The third kappa shape index (κ3) is 3.94. The number of aldehydes is 1. The molecule has 0 amide bonds. The lowest BCUT2D eigenvalue weighted by atomic mass is 9.95. The Bertz CT molecular complexity index is 1200. The van der Waals surface area contributed by atoms with Gasteiger partial charge in [0.05, 0.1) is 5.52 Å². The van der Waals surface area contributed by atoms with Gasteiger partial charge in [0.25, 0.3) is 0 Å². The lowest BCUT2D eigenvalue weighted by Crippen LogP contribution is -2.18. The van der Waals surface area contributed by atoms with Crippen molar-refractivity contribution in [2.45, 2.75) is 13.3 Å². The maximum atomic E-state index is 14.4. The Morgan fingerprint density at radius 2 is 1.90 bits per heavy atom. The van der Waals surface area contributed by atoms with Gasteiger partial charge in [0, 0.05) is 35.7 Å². The number of hydrogen-bond donors (Lipinski definition) is 2. The molecule has 1 atom stereocenters. The number of halogens is 3. The third-order valence-corrected chi connectivity index (χ3v) is 4.90. The fourth-order valence-electron chi connectivity index (χ4n) is 3.46. The molecule has 1 unspecified atom stereocenters. The SMILES string of the molecule is Cc1cc(NCC(C=O)Cc2c(-c3ccc(F)cc3)[nH]c3c(F)cc(F)cc23)no1. The number of nitrogens with one attached hydrogen (secondary N) is 2. The molecule has 0 aliphatic carbocycles. The quantitative estimate of drug-likeness (QED) is 0.418. The van der Waals surface area contributed by atoms with E-state index in [0.29, 0.717) is 33.8 Å². The number of aromatic amines is 1. The maximum absolute atomic E-state index is 14.4. The molecule has 2 aromatic heterocycles. The molecule has 0 spiro atoms. The maximum Gasteiger partial charge on any atom is 0.169 e. The number of H-pyrrole nitrogens is 1. The van der Waals surface area contributed by atoms with Gasteiger partial charge in [-0.15, -0.1) is 0 Å². The molecular weight excluding hydrogens is 395 g/mol. The molecule has 0 aliphatic rings. The Hall–Kier alpha value is -3.55. The Morgan fingerprint density at radius 3 is 2.57 bits per heavy atom. The summed E-state index contributed by atoms with van der Waals surface area (Å²) < 4.78 is 46.7. The normalized spacial score (nSPS) is 12.3. The molecule has 0 fully saturated rings. The van der Waals surface area contributed by atoms with Crippen LogP contribution in [-0.4, -0.2) is 23.0 Å². The Balaban J connectivity index is 1.72. The zero-order valence-electron chi connectivity index (χ0n) is 16.0. The molecule has 4 aromatic rings. The first kappa shape index (κ1) is 19.8. The summed E-state index contributed by atoms with van der Waals surface area (Å²) in [6.45, 7) is 2.00. The summed E-state index contributed by atoms with van der Waals surface area (Å²) in [5.74, 6) is -1.25. The monoisotopic (exact) mass is 413 g/mol. The fraction of sp³-hybridized carbons (Fsp3) is 0.182. The minimum absolute atomic E-state index is 0.135. The Morgan fingerprint density at radius 1 is 1.13 bits per heavy atom. The van der Waals surface area contributed by atoms with E-state index in [1.54, 1.807) is 25.1 Å². The predicted molar refractivity (Wildman–Crippen MR) is 107 cm³/mol. The van der Waals surface area contributed by atoms with Crippen molar-refractivity contribution in [3.8, 4) is 11.3 Å². The van der Waals surface area contributed by atoms with Crippen LogP contribution in [0, 0.1) is 30.3 Å². The number of aromatic nitrogens is 2. The first-order valence-corrected chi connectivity index (χ1v) is 9.32. The number of benzene rings is 2. The first-order valence-electron chi connectivity index (χ1n) is 9.32. The predicted octanol–water partition coefficient (Wildman–Crippen LogP) is 5.02. The minimum atomic E-state index is -0.738. The molecule has 5 nitrogen and oxygen atoms in total. The average molecular weight is 413 g/mol. The van der Waals surface area contributed by atoms with Crippen molar-refractivity contribution in [3.05, 3.63) is 71.2 Å². The molecule has 2 heterocycles. The van der Waals surface area contributed by atoms with Gasteiger partial charge in [-0.05, 0) is 54.8 Å². The van der Waals surface area contributed by atoms with Gasteiger partial charge >= 0.3 is 0 Å². The zero-order chi connectivity index (χ0) is 21.3. The highest BCUT2D eigenvalue weighted by atomic mass is 19.1. The van der Waals surface area contributed by atoms with Gasteiger partial charge < -0.3 is 19.6 Å². The fourth-order valence-corrected chi connectivity index (χ4v) is 3.46. The zero-order valence-corrected chi connectivity index (χ0v) is 16.0. The topological polar surface area (TPSA) is 70.9 Å². The number of hydrogen-bond acceptors (Lipinski definition) is 4. The summed E-state index contributed by atoms with van der Waals surface area (Å²) in [7, 11) is 0. The number of nitrogens with zero attached hydrogens (tertiary/aromatic N) is 1. The average Bonchev–Trinajstić information content (AvgIpc) is 3.29. The van der Waals surface area contributed by atoms with Crippen LogP contribution in [0.1, 0.15) is 11.3 Å². The standard InChI is InChI=1S/C22H18F3N3O2/c1-12-6-20(28-30-12)26-10-13(11-29)7-17-18-8-16(24)9-19(25)22(18)27-21(17)14-2-4-15(23)5-3-14/h2-6,8-9,11,13,27H,7,10H2,1H3,(H,26,28).